The van der Waals surface area contributed by atoms with Gasteiger partial charge in [0.2, 0.25) is 9.84 Å². The van der Waals surface area contributed by atoms with Gasteiger partial charge in [0.05, 0.1) is 22.5 Å². The molecule has 0 saturated carbocycles. The number of carbonyl (C=O) groups is 1. The number of carboxylic acids is 1. The van der Waals surface area contributed by atoms with Crippen molar-refractivity contribution in [2.24, 2.45) is 0 Å². The summed E-state index contributed by atoms with van der Waals surface area (Å²) in [7, 11) is -3.87. The monoisotopic (exact) mass is 515 g/mol. The predicted molar refractivity (Wildman–Crippen MR) is 125 cm³/mol. The molecule has 1 atom stereocenters. The van der Waals surface area contributed by atoms with Crippen LogP contribution in [0.25, 0.3) is 10.9 Å². The Bertz CT molecular complexity index is 1330. The van der Waals surface area contributed by atoms with Crippen molar-refractivity contribution in [3.05, 3.63) is 57.8 Å². The van der Waals surface area contributed by atoms with Crippen LogP contribution in [0.1, 0.15) is 10.4 Å². The van der Waals surface area contributed by atoms with E-state index < -0.39 is 32.6 Å². The van der Waals surface area contributed by atoms with Gasteiger partial charge in [-0.15, -0.1) is 0 Å². The summed E-state index contributed by atoms with van der Waals surface area (Å²) < 4.78 is 41.1. The molecule has 1 aliphatic heterocycles. The predicted octanol–water partition coefficient (Wildman–Crippen LogP) is 4.56. The highest BCUT2D eigenvalue weighted by Gasteiger charge is 2.31. The van der Waals surface area contributed by atoms with Crippen LogP contribution in [0.2, 0.25) is 10.0 Å². The lowest BCUT2D eigenvalue weighted by Gasteiger charge is -2.23. The number of rotatable bonds is 5. The molecule has 1 aliphatic rings. The molecular weight excluding hydrogens is 500 g/mol. The first-order chi connectivity index (χ1) is 15.2. The lowest BCUT2D eigenvalue weighted by molar-refractivity contribution is 0.0697. The molecule has 0 aliphatic carbocycles. The fraction of sp³-hybridized carbons (Fsp3) is 0.200. The number of benzene rings is 2. The maximum Gasteiger partial charge on any atom is 0.337 e. The molecule has 32 heavy (non-hydrogen) atoms. The summed E-state index contributed by atoms with van der Waals surface area (Å²) in [4.78, 5) is 16.0. The molecule has 1 aromatic heterocycles. The van der Waals surface area contributed by atoms with E-state index in [1.54, 1.807) is 12.1 Å². The highest BCUT2D eigenvalue weighted by Crippen LogP contribution is 2.34. The minimum absolute atomic E-state index is 0.0859. The number of thioether (sulfide) groups is 1. The van der Waals surface area contributed by atoms with E-state index in [2.05, 4.69) is 15.6 Å². The van der Waals surface area contributed by atoms with Crippen LogP contribution in [-0.4, -0.2) is 47.9 Å². The van der Waals surface area contributed by atoms with Gasteiger partial charge in [-0.05, 0) is 36.4 Å². The third-order valence-corrected chi connectivity index (χ3v) is 8.45. The minimum Gasteiger partial charge on any atom is -0.478 e. The van der Waals surface area contributed by atoms with Crippen molar-refractivity contribution in [2.75, 3.05) is 23.4 Å². The van der Waals surface area contributed by atoms with E-state index in [-0.39, 0.29) is 21.4 Å². The first-order valence-electron chi connectivity index (χ1n) is 9.31. The van der Waals surface area contributed by atoms with E-state index in [1.165, 1.54) is 23.9 Å². The van der Waals surface area contributed by atoms with Crippen LogP contribution in [0.5, 0.6) is 0 Å². The summed E-state index contributed by atoms with van der Waals surface area (Å²) in [6, 6.07) is 7.96. The Morgan fingerprint density at radius 1 is 1.22 bits per heavy atom. The number of pyridine rings is 1. The molecule has 12 heteroatoms. The van der Waals surface area contributed by atoms with Crippen LogP contribution >= 0.6 is 35.0 Å². The smallest absolute Gasteiger partial charge is 0.337 e. The summed E-state index contributed by atoms with van der Waals surface area (Å²) in [5.41, 5.74) is -0.322. The molecule has 2 heterocycles. The normalized spacial score (nSPS) is 16.8. The Morgan fingerprint density at radius 2 is 2.00 bits per heavy atom. The molecule has 1 unspecified atom stereocenters. The number of aromatic carboxylic acids is 1. The van der Waals surface area contributed by atoms with Crippen molar-refractivity contribution in [3.8, 4) is 0 Å². The summed E-state index contributed by atoms with van der Waals surface area (Å²) in [6.45, 7) is 0.542. The van der Waals surface area contributed by atoms with Crippen LogP contribution in [0.4, 0.5) is 15.8 Å². The Labute approximate surface area is 197 Å². The van der Waals surface area contributed by atoms with E-state index in [0.29, 0.717) is 28.2 Å². The molecule has 0 spiro atoms. The fourth-order valence-corrected chi connectivity index (χ4v) is 6.59. The van der Waals surface area contributed by atoms with Crippen LogP contribution in [0, 0.1) is 5.82 Å². The third kappa shape index (κ3) is 4.51. The number of aromatic nitrogens is 1. The minimum atomic E-state index is -3.87. The van der Waals surface area contributed by atoms with Crippen molar-refractivity contribution in [1.29, 1.82) is 0 Å². The van der Waals surface area contributed by atoms with Gasteiger partial charge in [0.1, 0.15) is 11.2 Å². The SMILES string of the molecule is O=C(O)c1cc(Cl)cc(F)c1Nc1cc(S(=O)(=O)C2CSCCN2)nc2ccc(Cl)cc12. The number of hydrogen-bond acceptors (Lipinski definition) is 7. The highest BCUT2D eigenvalue weighted by molar-refractivity contribution is 8.01. The van der Waals surface area contributed by atoms with Gasteiger partial charge in [-0.25, -0.2) is 22.6 Å². The van der Waals surface area contributed by atoms with Crippen LogP contribution in [0.3, 0.4) is 0 Å². The molecule has 0 amide bonds. The topological polar surface area (TPSA) is 108 Å². The summed E-state index contributed by atoms with van der Waals surface area (Å²) in [6.07, 6.45) is 0. The molecule has 3 N–H and O–H groups in total. The quantitative estimate of drug-likeness (QED) is 0.453. The Hall–Kier alpha value is -2.11. The molecule has 1 saturated heterocycles. The average molecular weight is 516 g/mol. The van der Waals surface area contributed by atoms with Crippen molar-refractivity contribution >= 4 is 73.0 Å². The zero-order chi connectivity index (χ0) is 23.0. The molecule has 1 fully saturated rings. The molecule has 2 aromatic carbocycles. The van der Waals surface area contributed by atoms with Gasteiger partial charge >= 0.3 is 5.97 Å². The molecule has 3 aromatic rings. The third-order valence-electron chi connectivity index (χ3n) is 4.85. The molecular formula is C20H16Cl2FN3O4S2. The van der Waals surface area contributed by atoms with Crippen molar-refractivity contribution < 1.29 is 22.7 Å². The van der Waals surface area contributed by atoms with Crippen LogP contribution < -0.4 is 10.6 Å². The maximum absolute atomic E-state index is 14.7. The number of nitrogens with one attached hydrogen (secondary N) is 2. The maximum atomic E-state index is 14.7. The molecule has 4 rings (SSSR count). The van der Waals surface area contributed by atoms with Gasteiger partial charge in [-0.3, -0.25) is 5.32 Å². The van der Waals surface area contributed by atoms with E-state index in [4.69, 9.17) is 23.2 Å². The number of fused-ring (bicyclic) bond motifs is 1. The Kier molecular flexibility index (Phi) is 6.51. The van der Waals surface area contributed by atoms with Gasteiger partial charge in [-0.2, -0.15) is 11.8 Å². The van der Waals surface area contributed by atoms with Crippen LogP contribution in [-0.2, 0) is 9.84 Å². The van der Waals surface area contributed by atoms with E-state index in [0.717, 1.165) is 17.9 Å². The fourth-order valence-electron chi connectivity index (χ4n) is 3.31. The number of carboxylic acid groups (broad SMARTS) is 1. The van der Waals surface area contributed by atoms with Gasteiger partial charge in [0.25, 0.3) is 0 Å². The van der Waals surface area contributed by atoms with E-state index >= 15 is 0 Å². The second-order valence-electron chi connectivity index (χ2n) is 6.97. The van der Waals surface area contributed by atoms with Crippen molar-refractivity contribution in [1.82, 2.24) is 10.3 Å². The van der Waals surface area contributed by atoms with Crippen LogP contribution in [0.15, 0.2) is 41.4 Å². The molecule has 0 bridgehead atoms. The largest absolute Gasteiger partial charge is 0.478 e. The standard InChI is InChI=1S/C20H16Cl2FN3O4S2/c21-10-1-2-15-12(5-10)16(26-19-13(20(27)28)6-11(22)7-14(19)23)8-17(25-15)32(29,30)18-9-31-4-3-24-18/h1-2,5-8,18,24H,3-4,9H2,(H,25,26)(H,27,28). The van der Waals surface area contributed by atoms with Crippen molar-refractivity contribution in [3.63, 3.8) is 0 Å². The first kappa shape index (κ1) is 23.1. The second kappa shape index (κ2) is 9.03. The highest BCUT2D eigenvalue weighted by atomic mass is 35.5. The average Bonchev–Trinajstić information content (AvgIpc) is 2.75. The first-order valence-corrected chi connectivity index (χ1v) is 12.8. The van der Waals surface area contributed by atoms with E-state index in [1.807, 2.05) is 0 Å². The number of hydrogen-bond donors (Lipinski definition) is 3. The molecule has 168 valence electrons. The van der Waals surface area contributed by atoms with Crippen molar-refractivity contribution in [2.45, 2.75) is 10.4 Å². The number of nitrogens with zero attached hydrogens (tertiary/aromatic N) is 1. The van der Waals surface area contributed by atoms with E-state index in [9.17, 15) is 22.7 Å². The zero-order valence-electron chi connectivity index (χ0n) is 16.2. The summed E-state index contributed by atoms with van der Waals surface area (Å²) >= 11 is 13.4. The Balaban J connectivity index is 1.90. The lowest BCUT2D eigenvalue weighted by Crippen LogP contribution is -2.43. The number of sulfone groups is 1. The van der Waals surface area contributed by atoms with Gasteiger partial charge < -0.3 is 10.4 Å². The van der Waals surface area contributed by atoms with Gasteiger partial charge in [-0.1, -0.05) is 23.2 Å². The number of halogens is 3. The van der Waals surface area contributed by atoms with Gasteiger partial charge in [0, 0.05) is 33.5 Å². The number of anilines is 2. The summed E-state index contributed by atoms with van der Waals surface area (Å²) in [5, 5.41) is 14.8. The van der Waals surface area contributed by atoms with Gasteiger partial charge in [0.15, 0.2) is 5.03 Å². The molecule has 7 nitrogen and oxygen atoms in total. The second-order valence-corrected chi connectivity index (χ2v) is 11.1. The lowest BCUT2D eigenvalue weighted by atomic mass is 10.1. The Morgan fingerprint density at radius 3 is 2.69 bits per heavy atom. The molecule has 0 radical (unpaired) electrons. The zero-order valence-corrected chi connectivity index (χ0v) is 19.4. The summed E-state index contributed by atoms with van der Waals surface area (Å²) in [5.74, 6) is -1.14.